The lowest BCUT2D eigenvalue weighted by molar-refractivity contribution is -0.128. The van der Waals surface area contributed by atoms with Crippen LogP contribution >= 0.6 is 0 Å². The minimum Gasteiger partial charge on any atom is -0.347 e. The van der Waals surface area contributed by atoms with Gasteiger partial charge >= 0.3 is 0 Å². The second-order valence-corrected chi connectivity index (χ2v) is 6.21. The molecule has 1 N–H and O–H groups in total. The third kappa shape index (κ3) is 2.85. The zero-order valence-electron chi connectivity index (χ0n) is 10.1. The molecule has 0 saturated carbocycles. The summed E-state index contributed by atoms with van der Waals surface area (Å²) in [5.41, 5.74) is 0. The summed E-state index contributed by atoms with van der Waals surface area (Å²) in [5.74, 6) is 0.334. The van der Waals surface area contributed by atoms with E-state index in [4.69, 9.17) is 4.52 Å². The predicted octanol–water partition coefficient (Wildman–Crippen LogP) is -1.11. The number of carbonyl (C=O) groups is 1. The van der Waals surface area contributed by atoms with E-state index in [-0.39, 0.29) is 31.5 Å². The van der Waals surface area contributed by atoms with E-state index in [1.807, 2.05) is 0 Å². The second kappa shape index (κ2) is 4.65. The molecule has 0 aliphatic carbocycles. The molecule has 9 heteroatoms. The quantitative estimate of drug-likeness (QED) is 0.746. The Labute approximate surface area is 104 Å². The van der Waals surface area contributed by atoms with Crippen LogP contribution in [-0.2, 0) is 21.4 Å². The monoisotopic (exact) mass is 274 g/mol. The molecule has 1 aliphatic heterocycles. The number of amides is 1. The topological polar surface area (TPSA) is 105 Å². The fraction of sp³-hybridized carbons (Fsp3) is 0.667. The highest BCUT2D eigenvalue weighted by Gasteiger charge is 2.37. The van der Waals surface area contributed by atoms with Gasteiger partial charge in [-0.15, -0.1) is 0 Å². The summed E-state index contributed by atoms with van der Waals surface area (Å²) < 4.78 is 28.3. The van der Waals surface area contributed by atoms with Crippen LogP contribution < -0.4 is 5.32 Å². The third-order valence-electron chi connectivity index (χ3n) is 2.67. The summed E-state index contributed by atoms with van der Waals surface area (Å²) in [6.45, 7) is 2.31. The lowest BCUT2D eigenvalue weighted by atomic mass is 10.0. The van der Waals surface area contributed by atoms with Crippen LogP contribution in [0.4, 0.5) is 0 Å². The van der Waals surface area contributed by atoms with Crippen molar-refractivity contribution in [1.29, 1.82) is 0 Å². The molecular weight excluding hydrogens is 260 g/mol. The Balaban J connectivity index is 1.78. The molecule has 2 rings (SSSR count). The van der Waals surface area contributed by atoms with E-state index in [1.165, 1.54) is 4.31 Å². The van der Waals surface area contributed by atoms with Gasteiger partial charge in [-0.25, -0.2) is 12.7 Å². The number of carbonyl (C=O) groups excluding carboxylic acids is 1. The molecule has 2 heterocycles. The molecule has 0 spiro atoms. The van der Waals surface area contributed by atoms with Crippen LogP contribution in [0.1, 0.15) is 11.7 Å². The van der Waals surface area contributed by atoms with Gasteiger partial charge in [0, 0.05) is 13.1 Å². The first-order valence-corrected chi connectivity index (χ1v) is 7.23. The van der Waals surface area contributed by atoms with Crippen LogP contribution in [0.15, 0.2) is 4.52 Å². The highest BCUT2D eigenvalue weighted by Crippen LogP contribution is 2.18. The SMILES string of the molecule is Cc1noc(CNC(=O)C2CN(S(C)(=O)=O)C2)n1. The van der Waals surface area contributed by atoms with E-state index in [2.05, 4.69) is 15.5 Å². The van der Waals surface area contributed by atoms with Crippen molar-refractivity contribution in [2.75, 3.05) is 19.3 Å². The standard InChI is InChI=1S/C9H14N4O4S/c1-6-11-8(17-12-6)3-10-9(14)7-4-13(5-7)18(2,15)16/h7H,3-5H2,1-2H3,(H,10,14). The zero-order chi connectivity index (χ0) is 13.3. The molecule has 18 heavy (non-hydrogen) atoms. The maximum absolute atomic E-state index is 11.7. The van der Waals surface area contributed by atoms with Crippen LogP contribution in [0.3, 0.4) is 0 Å². The van der Waals surface area contributed by atoms with Crippen molar-refractivity contribution in [3.8, 4) is 0 Å². The van der Waals surface area contributed by atoms with Gasteiger partial charge in [0.1, 0.15) is 0 Å². The van der Waals surface area contributed by atoms with Gasteiger partial charge in [-0.1, -0.05) is 5.16 Å². The summed E-state index contributed by atoms with van der Waals surface area (Å²) in [5, 5.41) is 6.22. The lowest BCUT2D eigenvalue weighted by Gasteiger charge is -2.35. The van der Waals surface area contributed by atoms with Gasteiger partial charge in [-0.3, -0.25) is 4.79 Å². The number of rotatable bonds is 4. The largest absolute Gasteiger partial charge is 0.347 e. The smallest absolute Gasteiger partial charge is 0.246 e. The van der Waals surface area contributed by atoms with E-state index < -0.39 is 10.0 Å². The Kier molecular flexibility index (Phi) is 3.35. The first kappa shape index (κ1) is 13.0. The number of hydrogen-bond acceptors (Lipinski definition) is 6. The molecule has 1 saturated heterocycles. The van der Waals surface area contributed by atoms with Gasteiger partial charge in [-0.05, 0) is 6.92 Å². The van der Waals surface area contributed by atoms with E-state index in [0.717, 1.165) is 6.26 Å². The van der Waals surface area contributed by atoms with Crippen molar-refractivity contribution in [3.63, 3.8) is 0 Å². The molecule has 1 aliphatic rings. The number of aromatic nitrogens is 2. The molecular formula is C9H14N4O4S. The Hall–Kier alpha value is -1.48. The van der Waals surface area contributed by atoms with Gasteiger partial charge in [0.2, 0.25) is 21.8 Å². The van der Waals surface area contributed by atoms with Gasteiger partial charge in [-0.2, -0.15) is 4.98 Å². The van der Waals surface area contributed by atoms with Crippen LogP contribution in [0, 0.1) is 12.8 Å². The van der Waals surface area contributed by atoms with Crippen molar-refractivity contribution in [2.24, 2.45) is 5.92 Å². The maximum atomic E-state index is 11.7. The Morgan fingerprint density at radius 3 is 2.72 bits per heavy atom. The zero-order valence-corrected chi connectivity index (χ0v) is 10.9. The predicted molar refractivity (Wildman–Crippen MR) is 60.8 cm³/mol. The summed E-state index contributed by atoms with van der Waals surface area (Å²) in [6.07, 6.45) is 1.13. The van der Waals surface area contributed by atoms with Gasteiger partial charge < -0.3 is 9.84 Å². The van der Waals surface area contributed by atoms with E-state index in [1.54, 1.807) is 6.92 Å². The number of nitrogens with one attached hydrogen (secondary N) is 1. The number of hydrogen-bond donors (Lipinski definition) is 1. The van der Waals surface area contributed by atoms with Crippen molar-refractivity contribution in [2.45, 2.75) is 13.5 Å². The minimum atomic E-state index is -3.18. The van der Waals surface area contributed by atoms with Crippen LogP contribution in [0.5, 0.6) is 0 Å². The molecule has 1 aromatic rings. The van der Waals surface area contributed by atoms with Gasteiger partial charge in [0.25, 0.3) is 0 Å². The molecule has 0 aromatic carbocycles. The number of aryl methyl sites for hydroxylation is 1. The normalized spacial score (nSPS) is 17.4. The Bertz CT molecular complexity index is 547. The highest BCUT2D eigenvalue weighted by molar-refractivity contribution is 7.88. The Morgan fingerprint density at radius 1 is 1.56 bits per heavy atom. The van der Waals surface area contributed by atoms with Crippen LogP contribution in [-0.4, -0.2) is 48.1 Å². The van der Waals surface area contributed by atoms with E-state index >= 15 is 0 Å². The first-order valence-electron chi connectivity index (χ1n) is 5.38. The molecule has 100 valence electrons. The molecule has 0 radical (unpaired) electrons. The van der Waals surface area contributed by atoms with Gasteiger partial charge in [0.05, 0.1) is 18.7 Å². The molecule has 1 aromatic heterocycles. The first-order chi connectivity index (χ1) is 8.36. The van der Waals surface area contributed by atoms with E-state index in [0.29, 0.717) is 11.7 Å². The fourth-order valence-corrected chi connectivity index (χ4v) is 2.50. The summed E-state index contributed by atoms with van der Waals surface area (Å²) >= 11 is 0. The van der Waals surface area contributed by atoms with Gasteiger partial charge in [0.15, 0.2) is 5.82 Å². The highest BCUT2D eigenvalue weighted by atomic mass is 32.2. The average Bonchev–Trinajstić information content (AvgIpc) is 2.56. The molecule has 1 amide bonds. The molecule has 1 fully saturated rings. The van der Waals surface area contributed by atoms with Crippen molar-refractivity contribution >= 4 is 15.9 Å². The number of sulfonamides is 1. The van der Waals surface area contributed by atoms with E-state index in [9.17, 15) is 13.2 Å². The second-order valence-electron chi connectivity index (χ2n) is 4.23. The minimum absolute atomic E-state index is 0.162. The van der Waals surface area contributed by atoms with Crippen LogP contribution in [0.25, 0.3) is 0 Å². The lowest BCUT2D eigenvalue weighted by Crippen LogP contribution is -2.55. The van der Waals surface area contributed by atoms with Crippen molar-refractivity contribution < 1.29 is 17.7 Å². The molecule has 8 nitrogen and oxygen atoms in total. The van der Waals surface area contributed by atoms with Crippen molar-refractivity contribution in [3.05, 3.63) is 11.7 Å². The summed E-state index contributed by atoms with van der Waals surface area (Å²) in [7, 11) is -3.18. The summed E-state index contributed by atoms with van der Waals surface area (Å²) in [6, 6.07) is 0. The van der Waals surface area contributed by atoms with Crippen LogP contribution in [0.2, 0.25) is 0 Å². The molecule has 0 bridgehead atoms. The van der Waals surface area contributed by atoms with Crippen molar-refractivity contribution in [1.82, 2.24) is 19.8 Å². The average molecular weight is 274 g/mol. The maximum Gasteiger partial charge on any atom is 0.246 e. The Morgan fingerprint density at radius 2 is 2.22 bits per heavy atom. The summed E-state index contributed by atoms with van der Waals surface area (Å²) in [4.78, 5) is 15.6. The third-order valence-corrected chi connectivity index (χ3v) is 3.91. The fourth-order valence-electron chi connectivity index (χ4n) is 1.59. The molecule has 0 atom stereocenters. The number of nitrogens with zero attached hydrogens (tertiary/aromatic N) is 3. The molecule has 0 unspecified atom stereocenters.